The molecule has 0 aliphatic carbocycles. The van der Waals surface area contributed by atoms with Crippen LogP contribution in [0.1, 0.15) is 11.1 Å². The third kappa shape index (κ3) is 2.50. The molecule has 100 valence electrons. The van der Waals surface area contributed by atoms with Gasteiger partial charge in [0.15, 0.2) is 11.6 Å². The van der Waals surface area contributed by atoms with E-state index in [1.807, 2.05) is 0 Å². The predicted molar refractivity (Wildman–Crippen MR) is 66.8 cm³/mol. The average Bonchev–Trinajstić information content (AvgIpc) is 2.38. The maximum Gasteiger partial charge on any atom is 0.298 e. The summed E-state index contributed by atoms with van der Waals surface area (Å²) in [5, 5.41) is 0. The van der Waals surface area contributed by atoms with Gasteiger partial charge in [-0.25, -0.2) is 4.39 Å². The van der Waals surface area contributed by atoms with Crippen LogP contribution in [0.25, 0.3) is 0 Å². The molecule has 0 aliphatic heterocycles. The van der Waals surface area contributed by atoms with E-state index in [0.717, 1.165) is 12.1 Å². The van der Waals surface area contributed by atoms with Crippen LogP contribution >= 0.6 is 0 Å². The largest absolute Gasteiger partial charge is 0.494 e. The van der Waals surface area contributed by atoms with Crippen LogP contribution in [-0.2, 0) is 5.92 Å². The first-order chi connectivity index (χ1) is 8.95. The van der Waals surface area contributed by atoms with Crippen LogP contribution in [0.3, 0.4) is 0 Å². The fourth-order valence-electron chi connectivity index (χ4n) is 1.76. The number of methoxy groups -OCH3 is 1. The summed E-state index contributed by atoms with van der Waals surface area (Å²) in [5.74, 6) is -4.22. The summed E-state index contributed by atoms with van der Waals surface area (Å²) in [4.78, 5) is 0. The Morgan fingerprint density at radius 3 is 2.32 bits per heavy atom. The van der Waals surface area contributed by atoms with Crippen molar-refractivity contribution in [1.29, 1.82) is 0 Å². The Balaban J connectivity index is 2.47. The summed E-state index contributed by atoms with van der Waals surface area (Å²) in [6, 6.07) is 8.42. The van der Waals surface area contributed by atoms with Gasteiger partial charge in [-0.15, -0.1) is 0 Å². The molecular weight excluding hydrogens is 255 g/mol. The third-order valence-electron chi connectivity index (χ3n) is 2.76. The Kier molecular flexibility index (Phi) is 3.38. The maximum absolute atomic E-state index is 14.2. The Labute approximate surface area is 108 Å². The minimum Gasteiger partial charge on any atom is -0.494 e. The number of ether oxygens (including phenoxy) is 1. The van der Waals surface area contributed by atoms with Crippen LogP contribution < -0.4 is 10.5 Å². The molecule has 0 radical (unpaired) electrons. The molecule has 2 aromatic rings. The lowest BCUT2D eigenvalue weighted by Gasteiger charge is -2.18. The summed E-state index contributed by atoms with van der Waals surface area (Å²) < 4.78 is 46.6. The highest BCUT2D eigenvalue weighted by atomic mass is 19.3. The maximum atomic E-state index is 14.2. The summed E-state index contributed by atoms with van der Waals surface area (Å²) >= 11 is 0. The number of halogens is 3. The Hall–Kier alpha value is -2.17. The number of rotatable bonds is 3. The standard InChI is InChI=1S/C14H12F3NO/c1-19-13-6-5-10(8-12(13)15)14(16,17)9-3-2-4-11(18)7-9/h2-8H,18H2,1H3. The lowest BCUT2D eigenvalue weighted by atomic mass is 9.99. The van der Waals surface area contributed by atoms with E-state index in [2.05, 4.69) is 0 Å². The van der Waals surface area contributed by atoms with Crippen LogP contribution in [0.15, 0.2) is 42.5 Å². The highest BCUT2D eigenvalue weighted by Crippen LogP contribution is 2.37. The molecule has 0 saturated carbocycles. The van der Waals surface area contributed by atoms with Gasteiger partial charge in [0.1, 0.15) is 0 Å². The number of hydrogen-bond donors (Lipinski definition) is 1. The summed E-state index contributed by atoms with van der Waals surface area (Å²) in [6.45, 7) is 0. The first-order valence-corrected chi connectivity index (χ1v) is 5.53. The summed E-state index contributed by atoms with van der Waals surface area (Å²) in [6.07, 6.45) is 0. The zero-order chi connectivity index (χ0) is 14.0. The molecule has 0 fully saturated rings. The predicted octanol–water partition coefficient (Wildman–Crippen LogP) is 3.56. The third-order valence-corrected chi connectivity index (χ3v) is 2.76. The number of benzene rings is 2. The van der Waals surface area contributed by atoms with E-state index >= 15 is 0 Å². The molecule has 0 saturated heterocycles. The molecule has 2 nitrogen and oxygen atoms in total. The van der Waals surface area contributed by atoms with Crippen molar-refractivity contribution in [2.75, 3.05) is 12.8 Å². The second-order valence-electron chi connectivity index (χ2n) is 4.05. The second kappa shape index (κ2) is 4.84. The number of anilines is 1. The molecule has 0 aliphatic rings. The Bertz CT molecular complexity index is 599. The average molecular weight is 267 g/mol. The van der Waals surface area contributed by atoms with Gasteiger partial charge in [0.2, 0.25) is 0 Å². The lowest BCUT2D eigenvalue weighted by Crippen LogP contribution is -2.15. The number of nitrogen functional groups attached to an aromatic ring is 1. The van der Waals surface area contributed by atoms with Gasteiger partial charge in [-0.05, 0) is 30.3 Å². The molecule has 2 rings (SSSR count). The van der Waals surface area contributed by atoms with Crippen molar-refractivity contribution >= 4 is 5.69 Å². The van der Waals surface area contributed by atoms with Crippen LogP contribution in [0.2, 0.25) is 0 Å². The molecule has 5 heteroatoms. The van der Waals surface area contributed by atoms with Crippen molar-refractivity contribution in [2.45, 2.75) is 5.92 Å². The number of nitrogens with two attached hydrogens (primary N) is 1. The van der Waals surface area contributed by atoms with Gasteiger partial charge in [0.25, 0.3) is 5.92 Å². The minimum atomic E-state index is -3.32. The summed E-state index contributed by atoms with van der Waals surface area (Å²) in [7, 11) is 1.27. The van der Waals surface area contributed by atoms with Crippen LogP contribution in [0, 0.1) is 5.82 Å². The van der Waals surface area contributed by atoms with Crippen molar-refractivity contribution < 1.29 is 17.9 Å². The minimum absolute atomic E-state index is 0.0767. The Morgan fingerprint density at radius 2 is 1.74 bits per heavy atom. The topological polar surface area (TPSA) is 35.2 Å². The molecule has 0 amide bonds. The highest BCUT2D eigenvalue weighted by molar-refractivity contribution is 5.45. The first-order valence-electron chi connectivity index (χ1n) is 5.53. The van der Waals surface area contributed by atoms with Crippen molar-refractivity contribution in [3.8, 4) is 5.75 Å². The summed E-state index contributed by atoms with van der Waals surface area (Å²) in [5.41, 5.74) is 4.98. The van der Waals surface area contributed by atoms with Crippen molar-refractivity contribution in [3.05, 3.63) is 59.4 Å². The van der Waals surface area contributed by atoms with E-state index < -0.39 is 17.3 Å². The quantitative estimate of drug-likeness (QED) is 0.863. The lowest BCUT2D eigenvalue weighted by molar-refractivity contribution is 0.0425. The fourth-order valence-corrected chi connectivity index (χ4v) is 1.76. The Morgan fingerprint density at radius 1 is 1.05 bits per heavy atom. The van der Waals surface area contributed by atoms with Gasteiger partial charge in [0.05, 0.1) is 7.11 Å². The second-order valence-corrected chi connectivity index (χ2v) is 4.05. The van der Waals surface area contributed by atoms with E-state index in [0.29, 0.717) is 0 Å². The van der Waals surface area contributed by atoms with Gasteiger partial charge >= 0.3 is 0 Å². The molecule has 0 spiro atoms. The molecular formula is C14H12F3NO. The van der Waals surface area contributed by atoms with Crippen LogP contribution in [-0.4, -0.2) is 7.11 Å². The molecule has 19 heavy (non-hydrogen) atoms. The van der Waals surface area contributed by atoms with Gasteiger partial charge < -0.3 is 10.5 Å². The van der Waals surface area contributed by atoms with Crippen molar-refractivity contribution in [2.24, 2.45) is 0 Å². The van der Waals surface area contributed by atoms with Gasteiger partial charge in [0, 0.05) is 16.8 Å². The van der Waals surface area contributed by atoms with E-state index in [4.69, 9.17) is 10.5 Å². The van der Waals surface area contributed by atoms with Crippen molar-refractivity contribution in [3.63, 3.8) is 0 Å². The van der Waals surface area contributed by atoms with Crippen LogP contribution in [0.4, 0.5) is 18.9 Å². The fraction of sp³-hybridized carbons (Fsp3) is 0.143. The number of hydrogen-bond acceptors (Lipinski definition) is 2. The van der Waals surface area contributed by atoms with E-state index in [-0.39, 0.29) is 17.0 Å². The molecule has 0 aromatic heterocycles. The van der Waals surface area contributed by atoms with E-state index in [1.165, 1.54) is 37.4 Å². The number of alkyl halides is 2. The van der Waals surface area contributed by atoms with E-state index in [1.54, 1.807) is 0 Å². The van der Waals surface area contributed by atoms with E-state index in [9.17, 15) is 13.2 Å². The van der Waals surface area contributed by atoms with Gasteiger partial charge in [-0.1, -0.05) is 12.1 Å². The molecule has 0 heterocycles. The molecule has 2 N–H and O–H groups in total. The normalized spacial score (nSPS) is 11.4. The smallest absolute Gasteiger partial charge is 0.298 e. The zero-order valence-corrected chi connectivity index (χ0v) is 10.2. The van der Waals surface area contributed by atoms with Crippen molar-refractivity contribution in [1.82, 2.24) is 0 Å². The zero-order valence-electron chi connectivity index (χ0n) is 10.2. The highest BCUT2D eigenvalue weighted by Gasteiger charge is 2.34. The SMILES string of the molecule is COc1ccc(C(F)(F)c2cccc(N)c2)cc1F. The van der Waals surface area contributed by atoms with Gasteiger partial charge in [-0.3, -0.25) is 0 Å². The van der Waals surface area contributed by atoms with Gasteiger partial charge in [-0.2, -0.15) is 8.78 Å². The first kappa shape index (κ1) is 13.3. The molecule has 0 unspecified atom stereocenters. The van der Waals surface area contributed by atoms with Crippen LogP contribution in [0.5, 0.6) is 5.75 Å². The monoisotopic (exact) mass is 267 g/mol. The molecule has 0 atom stereocenters. The molecule has 2 aromatic carbocycles. The molecule has 0 bridgehead atoms.